The Kier molecular flexibility index (Phi) is 5.72. The number of carbonyl (C=O) groups excluding carboxylic acids is 1. The van der Waals surface area contributed by atoms with E-state index in [1.807, 2.05) is 24.3 Å². The van der Waals surface area contributed by atoms with E-state index in [4.69, 9.17) is 9.15 Å². The highest BCUT2D eigenvalue weighted by Crippen LogP contribution is 2.34. The molecule has 2 heterocycles. The molecule has 2 aromatic heterocycles. The average Bonchev–Trinajstić information content (AvgIpc) is 3.22. The first-order chi connectivity index (χ1) is 12.2. The van der Waals surface area contributed by atoms with Crippen molar-refractivity contribution in [2.75, 3.05) is 18.5 Å². The quantitative estimate of drug-likeness (QED) is 0.356. The Morgan fingerprint density at radius 1 is 1.44 bits per heavy atom. The number of ether oxygens (including phenoxy) is 1. The Morgan fingerprint density at radius 3 is 3.08 bits per heavy atom. The number of aromatic nitrogens is 2. The van der Waals surface area contributed by atoms with Gasteiger partial charge in [-0.25, -0.2) is 4.79 Å². The average molecular weight is 375 g/mol. The lowest BCUT2D eigenvalue weighted by atomic mass is 10.1. The molecule has 6 nitrogen and oxygen atoms in total. The fraction of sp³-hybridized carbons (Fsp3) is 0.235. The third-order valence-electron chi connectivity index (χ3n) is 3.30. The van der Waals surface area contributed by atoms with Crippen molar-refractivity contribution >= 4 is 45.2 Å². The van der Waals surface area contributed by atoms with Gasteiger partial charge in [0.15, 0.2) is 4.34 Å². The summed E-state index contributed by atoms with van der Waals surface area (Å²) in [6.07, 6.45) is 1.76. The molecule has 1 N–H and O–H groups in total. The van der Waals surface area contributed by atoms with Gasteiger partial charge in [-0.3, -0.25) is 0 Å². The molecule has 0 bridgehead atoms. The van der Waals surface area contributed by atoms with Crippen LogP contribution in [0.3, 0.4) is 0 Å². The molecule has 0 saturated heterocycles. The molecule has 0 fully saturated rings. The Morgan fingerprint density at radius 2 is 2.28 bits per heavy atom. The van der Waals surface area contributed by atoms with Gasteiger partial charge < -0.3 is 14.5 Å². The number of thioether (sulfide) groups is 1. The van der Waals surface area contributed by atoms with Crippen LogP contribution in [0, 0.1) is 0 Å². The molecule has 130 valence electrons. The summed E-state index contributed by atoms with van der Waals surface area (Å²) < 4.78 is 11.6. The number of nitrogens with one attached hydrogen (secondary N) is 1. The minimum Gasteiger partial charge on any atom is -0.460 e. The zero-order chi connectivity index (χ0) is 17.6. The molecule has 0 atom stereocenters. The second kappa shape index (κ2) is 8.17. The monoisotopic (exact) mass is 375 g/mol. The molecule has 0 aliphatic carbocycles. The largest absolute Gasteiger partial charge is 0.460 e. The molecule has 3 rings (SSSR count). The number of nitrogens with zero attached hydrogens (tertiary/aromatic N) is 2. The van der Waals surface area contributed by atoms with Gasteiger partial charge >= 0.3 is 5.97 Å². The van der Waals surface area contributed by atoms with Crippen LogP contribution in [0.2, 0.25) is 0 Å². The van der Waals surface area contributed by atoms with Crippen LogP contribution in [0.25, 0.3) is 11.0 Å². The number of para-hydroxylation sites is 1. The first-order valence-corrected chi connectivity index (χ1v) is 9.51. The highest BCUT2D eigenvalue weighted by Gasteiger charge is 2.22. The number of hydrogen-bond donors (Lipinski definition) is 1. The second-order valence-corrected chi connectivity index (χ2v) is 7.16. The van der Waals surface area contributed by atoms with E-state index in [1.165, 1.54) is 23.1 Å². The molecule has 1 aromatic carbocycles. The van der Waals surface area contributed by atoms with Gasteiger partial charge in [0.05, 0.1) is 6.61 Å². The number of esters is 1. The maximum atomic E-state index is 12.2. The molecule has 0 spiro atoms. The topological polar surface area (TPSA) is 77.2 Å². The smallest absolute Gasteiger partial charge is 0.374 e. The van der Waals surface area contributed by atoms with E-state index in [1.54, 1.807) is 13.0 Å². The van der Waals surface area contributed by atoms with Crippen molar-refractivity contribution < 1.29 is 13.9 Å². The Balaban J connectivity index is 1.82. The molecule has 8 heteroatoms. The Hall–Kier alpha value is -2.32. The van der Waals surface area contributed by atoms with Crippen molar-refractivity contribution in [3.8, 4) is 0 Å². The van der Waals surface area contributed by atoms with Crippen molar-refractivity contribution in [1.29, 1.82) is 0 Å². The van der Waals surface area contributed by atoms with Crippen LogP contribution in [0.5, 0.6) is 0 Å². The molecule has 0 unspecified atom stereocenters. The number of furan rings is 1. The summed E-state index contributed by atoms with van der Waals surface area (Å²) in [5, 5.41) is 13.0. The normalized spacial score (nSPS) is 10.8. The molecular formula is C17H17N3O3S2. The van der Waals surface area contributed by atoms with Crippen molar-refractivity contribution in [2.24, 2.45) is 0 Å². The predicted molar refractivity (Wildman–Crippen MR) is 100 cm³/mol. The van der Waals surface area contributed by atoms with Crippen LogP contribution >= 0.6 is 23.1 Å². The lowest BCUT2D eigenvalue weighted by molar-refractivity contribution is 0.0491. The summed E-state index contributed by atoms with van der Waals surface area (Å²) in [5.74, 6) is 0.353. The minimum absolute atomic E-state index is 0.255. The summed E-state index contributed by atoms with van der Waals surface area (Å²) in [7, 11) is 0. The van der Waals surface area contributed by atoms with E-state index >= 15 is 0 Å². The van der Waals surface area contributed by atoms with Crippen molar-refractivity contribution in [3.05, 3.63) is 48.2 Å². The van der Waals surface area contributed by atoms with E-state index in [2.05, 4.69) is 22.1 Å². The predicted octanol–water partition coefficient (Wildman–Crippen LogP) is 4.35. The van der Waals surface area contributed by atoms with E-state index in [-0.39, 0.29) is 5.76 Å². The molecule has 0 saturated carbocycles. The van der Waals surface area contributed by atoms with Gasteiger partial charge in [0, 0.05) is 23.2 Å². The minimum atomic E-state index is -0.445. The number of rotatable bonds is 8. The molecule has 0 amide bonds. The van der Waals surface area contributed by atoms with E-state index < -0.39 is 5.97 Å². The van der Waals surface area contributed by atoms with Crippen LogP contribution in [0.4, 0.5) is 5.13 Å². The Labute approximate surface area is 153 Å². The summed E-state index contributed by atoms with van der Waals surface area (Å²) in [5.41, 5.74) is 1.49. The van der Waals surface area contributed by atoms with Crippen LogP contribution in [-0.2, 0) is 10.5 Å². The van der Waals surface area contributed by atoms with Gasteiger partial charge in [-0.15, -0.1) is 16.8 Å². The number of hydrogen-bond acceptors (Lipinski definition) is 8. The standard InChI is InChI=1S/C17H17N3O3S2/c1-3-9-18-16-19-20-17(25-16)24-10-12-11-7-5-6-8-13(11)23-14(12)15(21)22-4-2/h3,5-8H,1,4,9-10H2,2H3,(H,18,19). The molecule has 25 heavy (non-hydrogen) atoms. The van der Waals surface area contributed by atoms with Crippen LogP contribution in [0.1, 0.15) is 23.0 Å². The van der Waals surface area contributed by atoms with Gasteiger partial charge in [-0.1, -0.05) is 47.4 Å². The summed E-state index contributed by atoms with van der Waals surface area (Å²) in [6.45, 7) is 6.37. The third kappa shape index (κ3) is 4.02. The van der Waals surface area contributed by atoms with Crippen LogP contribution in [-0.4, -0.2) is 29.3 Å². The summed E-state index contributed by atoms with van der Waals surface area (Å²) >= 11 is 2.97. The highest BCUT2D eigenvalue weighted by atomic mass is 32.2. The van der Waals surface area contributed by atoms with Gasteiger partial charge in [0.2, 0.25) is 10.9 Å². The fourth-order valence-corrected chi connectivity index (χ4v) is 4.02. The summed E-state index contributed by atoms with van der Waals surface area (Å²) in [6, 6.07) is 7.58. The SMILES string of the molecule is C=CCNc1nnc(SCc2c(C(=O)OCC)oc3ccccc23)s1. The number of carbonyl (C=O) groups is 1. The number of fused-ring (bicyclic) bond motifs is 1. The van der Waals surface area contributed by atoms with Crippen molar-refractivity contribution in [1.82, 2.24) is 10.2 Å². The third-order valence-corrected chi connectivity index (χ3v) is 5.34. The number of benzene rings is 1. The second-order valence-electron chi connectivity index (χ2n) is 4.96. The van der Waals surface area contributed by atoms with Crippen LogP contribution in [0.15, 0.2) is 45.7 Å². The van der Waals surface area contributed by atoms with E-state index in [9.17, 15) is 4.79 Å². The maximum absolute atomic E-state index is 12.2. The summed E-state index contributed by atoms with van der Waals surface area (Å²) in [4.78, 5) is 12.2. The molecule has 3 aromatic rings. The van der Waals surface area contributed by atoms with E-state index in [0.29, 0.717) is 24.5 Å². The van der Waals surface area contributed by atoms with Gasteiger partial charge in [-0.05, 0) is 13.0 Å². The van der Waals surface area contributed by atoms with Gasteiger partial charge in [0.25, 0.3) is 0 Å². The van der Waals surface area contributed by atoms with Gasteiger partial charge in [-0.2, -0.15) is 0 Å². The van der Waals surface area contributed by atoms with E-state index in [0.717, 1.165) is 20.4 Å². The zero-order valence-electron chi connectivity index (χ0n) is 13.7. The molecule has 0 aliphatic heterocycles. The zero-order valence-corrected chi connectivity index (χ0v) is 15.3. The molecular weight excluding hydrogens is 358 g/mol. The maximum Gasteiger partial charge on any atom is 0.374 e. The van der Waals surface area contributed by atoms with Crippen molar-refractivity contribution in [2.45, 2.75) is 17.0 Å². The number of anilines is 1. The first kappa shape index (κ1) is 17.5. The van der Waals surface area contributed by atoms with Gasteiger partial charge in [0.1, 0.15) is 5.58 Å². The van der Waals surface area contributed by atoms with Crippen molar-refractivity contribution in [3.63, 3.8) is 0 Å². The Bertz CT molecular complexity index is 888. The lowest BCUT2D eigenvalue weighted by Crippen LogP contribution is -2.05. The fourth-order valence-electron chi connectivity index (χ4n) is 2.24. The molecule has 0 radical (unpaired) electrons. The van der Waals surface area contributed by atoms with Crippen LogP contribution < -0.4 is 5.32 Å². The first-order valence-electron chi connectivity index (χ1n) is 7.71. The molecule has 0 aliphatic rings. The lowest BCUT2D eigenvalue weighted by Gasteiger charge is -2.01. The highest BCUT2D eigenvalue weighted by molar-refractivity contribution is 8.00.